The standard InChI is InChI=1S/C18H23N3O3/c22-12-9-14-5-3-4-10-21(14)17(23)8-11-20-13-19-16-7-2-1-6-15(16)18(20)24/h1-2,6-7,13-14,22H,3-5,8-12H2. The maximum absolute atomic E-state index is 12.5. The topological polar surface area (TPSA) is 75.4 Å². The third-order valence-electron chi connectivity index (χ3n) is 4.71. The average Bonchev–Trinajstić information content (AvgIpc) is 2.62. The van der Waals surface area contributed by atoms with Crippen LogP contribution in [0.3, 0.4) is 0 Å². The van der Waals surface area contributed by atoms with Crippen LogP contribution < -0.4 is 5.56 Å². The van der Waals surface area contributed by atoms with E-state index in [0.29, 0.717) is 23.9 Å². The molecule has 3 rings (SSSR count). The number of aryl methyl sites for hydroxylation is 1. The fraction of sp³-hybridized carbons (Fsp3) is 0.500. The molecule has 1 fully saturated rings. The summed E-state index contributed by atoms with van der Waals surface area (Å²) in [5, 5.41) is 9.74. The second-order valence-electron chi connectivity index (χ2n) is 6.26. The van der Waals surface area contributed by atoms with Crippen molar-refractivity contribution in [2.45, 2.75) is 44.7 Å². The molecule has 24 heavy (non-hydrogen) atoms. The molecule has 2 heterocycles. The predicted molar refractivity (Wildman–Crippen MR) is 91.7 cm³/mol. The monoisotopic (exact) mass is 329 g/mol. The molecule has 0 bridgehead atoms. The van der Waals surface area contributed by atoms with E-state index in [2.05, 4.69) is 4.98 Å². The fourth-order valence-electron chi connectivity index (χ4n) is 3.40. The first-order chi connectivity index (χ1) is 11.7. The molecule has 0 aliphatic carbocycles. The van der Waals surface area contributed by atoms with Crippen molar-refractivity contribution in [3.63, 3.8) is 0 Å². The number of piperidine rings is 1. The second kappa shape index (κ2) is 7.57. The van der Waals surface area contributed by atoms with Crippen LogP contribution in [0.2, 0.25) is 0 Å². The summed E-state index contributed by atoms with van der Waals surface area (Å²) >= 11 is 0. The minimum absolute atomic E-state index is 0.0493. The molecule has 1 aliphatic heterocycles. The van der Waals surface area contributed by atoms with Crippen LogP contribution in [0.1, 0.15) is 32.1 Å². The number of nitrogens with zero attached hydrogens (tertiary/aromatic N) is 3. The number of benzene rings is 1. The van der Waals surface area contributed by atoms with Crippen LogP contribution in [0.5, 0.6) is 0 Å². The molecule has 1 aliphatic rings. The molecule has 1 N–H and O–H groups in total. The highest BCUT2D eigenvalue weighted by atomic mass is 16.3. The highest BCUT2D eigenvalue weighted by Crippen LogP contribution is 2.20. The van der Waals surface area contributed by atoms with Crippen molar-refractivity contribution in [1.82, 2.24) is 14.5 Å². The number of hydrogen-bond donors (Lipinski definition) is 1. The van der Waals surface area contributed by atoms with E-state index in [4.69, 9.17) is 0 Å². The van der Waals surface area contributed by atoms with E-state index < -0.39 is 0 Å². The molecule has 1 unspecified atom stereocenters. The van der Waals surface area contributed by atoms with Gasteiger partial charge in [0.05, 0.1) is 17.2 Å². The molecule has 1 saturated heterocycles. The third kappa shape index (κ3) is 3.48. The fourth-order valence-corrected chi connectivity index (χ4v) is 3.40. The van der Waals surface area contributed by atoms with Gasteiger partial charge in [0.1, 0.15) is 0 Å². The summed E-state index contributed by atoms with van der Waals surface area (Å²) < 4.78 is 1.51. The van der Waals surface area contributed by atoms with E-state index in [1.807, 2.05) is 17.0 Å². The van der Waals surface area contributed by atoms with Gasteiger partial charge in [-0.2, -0.15) is 0 Å². The summed E-state index contributed by atoms with van der Waals surface area (Å²) in [6.07, 6.45) is 5.47. The number of para-hydroxylation sites is 1. The molecule has 0 radical (unpaired) electrons. The zero-order chi connectivity index (χ0) is 16.9. The summed E-state index contributed by atoms with van der Waals surface area (Å²) in [6.45, 7) is 1.18. The Morgan fingerprint density at radius 1 is 1.29 bits per heavy atom. The van der Waals surface area contributed by atoms with Gasteiger partial charge in [-0.3, -0.25) is 14.2 Å². The molecule has 6 nitrogen and oxygen atoms in total. The average molecular weight is 329 g/mol. The van der Waals surface area contributed by atoms with Crippen molar-refractivity contribution in [3.8, 4) is 0 Å². The number of amides is 1. The van der Waals surface area contributed by atoms with Crippen LogP contribution >= 0.6 is 0 Å². The SMILES string of the molecule is O=C(CCn1cnc2ccccc2c1=O)N1CCCCC1CCO. The molecule has 1 aromatic heterocycles. The van der Waals surface area contributed by atoms with Gasteiger partial charge in [-0.25, -0.2) is 4.98 Å². The lowest BCUT2D eigenvalue weighted by molar-refractivity contribution is -0.135. The summed E-state index contributed by atoms with van der Waals surface area (Å²) in [6, 6.07) is 7.35. The van der Waals surface area contributed by atoms with Gasteiger partial charge in [-0.1, -0.05) is 12.1 Å². The molecular weight excluding hydrogens is 306 g/mol. The number of likely N-dealkylation sites (tertiary alicyclic amines) is 1. The first kappa shape index (κ1) is 16.6. The Morgan fingerprint density at radius 2 is 2.12 bits per heavy atom. The van der Waals surface area contributed by atoms with Gasteiger partial charge < -0.3 is 10.0 Å². The molecule has 1 amide bonds. The van der Waals surface area contributed by atoms with E-state index in [0.717, 1.165) is 25.8 Å². The van der Waals surface area contributed by atoms with Crippen molar-refractivity contribution < 1.29 is 9.90 Å². The maximum Gasteiger partial charge on any atom is 0.261 e. The van der Waals surface area contributed by atoms with E-state index in [1.54, 1.807) is 12.1 Å². The van der Waals surface area contributed by atoms with Crippen molar-refractivity contribution >= 4 is 16.8 Å². The smallest absolute Gasteiger partial charge is 0.261 e. The van der Waals surface area contributed by atoms with E-state index >= 15 is 0 Å². The van der Waals surface area contributed by atoms with Gasteiger partial charge in [-0.15, -0.1) is 0 Å². The number of aliphatic hydroxyl groups is 1. The molecule has 1 aromatic carbocycles. The highest BCUT2D eigenvalue weighted by molar-refractivity contribution is 5.77. The van der Waals surface area contributed by atoms with E-state index in [9.17, 15) is 14.7 Å². The van der Waals surface area contributed by atoms with Gasteiger partial charge in [0.15, 0.2) is 0 Å². The summed E-state index contributed by atoms with van der Waals surface area (Å²) in [5.74, 6) is 0.0493. The Labute approximate surface area is 140 Å². The number of carbonyl (C=O) groups excluding carboxylic acids is 1. The zero-order valence-electron chi connectivity index (χ0n) is 13.7. The van der Waals surface area contributed by atoms with Gasteiger partial charge in [-0.05, 0) is 37.8 Å². The quantitative estimate of drug-likeness (QED) is 0.903. The first-order valence-corrected chi connectivity index (χ1v) is 8.55. The summed E-state index contributed by atoms with van der Waals surface area (Å²) in [7, 11) is 0. The van der Waals surface area contributed by atoms with Crippen molar-refractivity contribution in [1.29, 1.82) is 0 Å². The summed E-state index contributed by atoms with van der Waals surface area (Å²) in [5.41, 5.74) is 0.558. The Balaban J connectivity index is 1.70. The lowest BCUT2D eigenvalue weighted by atomic mass is 9.99. The van der Waals surface area contributed by atoms with E-state index in [-0.39, 0.29) is 30.5 Å². The Kier molecular flexibility index (Phi) is 5.25. The number of aliphatic hydroxyl groups excluding tert-OH is 1. The van der Waals surface area contributed by atoms with Crippen LogP contribution in [0.15, 0.2) is 35.4 Å². The normalized spacial score (nSPS) is 18.0. The van der Waals surface area contributed by atoms with Crippen molar-refractivity contribution in [2.75, 3.05) is 13.2 Å². The van der Waals surface area contributed by atoms with Gasteiger partial charge in [0.2, 0.25) is 5.91 Å². The maximum atomic E-state index is 12.5. The van der Waals surface area contributed by atoms with Crippen molar-refractivity contribution in [3.05, 3.63) is 40.9 Å². The Hall–Kier alpha value is -2.21. The highest BCUT2D eigenvalue weighted by Gasteiger charge is 2.25. The Morgan fingerprint density at radius 3 is 2.96 bits per heavy atom. The van der Waals surface area contributed by atoms with Crippen LogP contribution in [0.25, 0.3) is 10.9 Å². The van der Waals surface area contributed by atoms with Crippen LogP contribution in [0, 0.1) is 0 Å². The molecule has 2 aromatic rings. The number of carbonyl (C=O) groups is 1. The van der Waals surface area contributed by atoms with Gasteiger partial charge in [0.25, 0.3) is 5.56 Å². The largest absolute Gasteiger partial charge is 0.396 e. The molecular formula is C18H23N3O3. The van der Waals surface area contributed by atoms with Gasteiger partial charge in [0, 0.05) is 32.2 Å². The minimum Gasteiger partial charge on any atom is -0.396 e. The van der Waals surface area contributed by atoms with Crippen LogP contribution in [0.4, 0.5) is 0 Å². The van der Waals surface area contributed by atoms with Gasteiger partial charge >= 0.3 is 0 Å². The first-order valence-electron chi connectivity index (χ1n) is 8.55. The Bertz CT molecular complexity index is 769. The molecule has 0 saturated carbocycles. The second-order valence-corrected chi connectivity index (χ2v) is 6.26. The molecule has 6 heteroatoms. The lowest BCUT2D eigenvalue weighted by Crippen LogP contribution is -2.44. The third-order valence-corrected chi connectivity index (χ3v) is 4.71. The molecule has 128 valence electrons. The number of fused-ring (bicyclic) bond motifs is 1. The number of aromatic nitrogens is 2. The van der Waals surface area contributed by atoms with Crippen molar-refractivity contribution in [2.24, 2.45) is 0 Å². The number of hydrogen-bond acceptors (Lipinski definition) is 4. The minimum atomic E-state index is -0.112. The lowest BCUT2D eigenvalue weighted by Gasteiger charge is -2.35. The number of rotatable bonds is 5. The zero-order valence-corrected chi connectivity index (χ0v) is 13.7. The van der Waals surface area contributed by atoms with Crippen LogP contribution in [-0.4, -0.2) is 44.7 Å². The summed E-state index contributed by atoms with van der Waals surface area (Å²) in [4.78, 5) is 31.1. The predicted octanol–water partition coefficient (Wildman–Crippen LogP) is 1.55. The van der Waals surface area contributed by atoms with Crippen LogP contribution in [-0.2, 0) is 11.3 Å². The molecule has 0 spiro atoms. The van der Waals surface area contributed by atoms with E-state index in [1.165, 1.54) is 10.9 Å². The molecule has 1 atom stereocenters.